The van der Waals surface area contributed by atoms with E-state index in [1.54, 1.807) is 29.2 Å². The number of carbonyl (C=O) groups is 2. The van der Waals surface area contributed by atoms with E-state index in [0.29, 0.717) is 36.0 Å². The summed E-state index contributed by atoms with van der Waals surface area (Å²) in [5.41, 5.74) is 3.41. The molecule has 0 saturated heterocycles. The molecule has 170 valence electrons. The lowest BCUT2D eigenvalue weighted by molar-refractivity contribution is -0.119. The number of benzene rings is 2. The van der Waals surface area contributed by atoms with Gasteiger partial charge in [0.15, 0.2) is 0 Å². The molecule has 1 aromatic heterocycles. The predicted molar refractivity (Wildman–Crippen MR) is 129 cm³/mol. The van der Waals surface area contributed by atoms with Crippen LogP contribution in [0.4, 0.5) is 11.6 Å². The van der Waals surface area contributed by atoms with Crippen LogP contribution in [0, 0.1) is 17.2 Å². The number of hydrogen-bond acceptors (Lipinski definition) is 4. The van der Waals surface area contributed by atoms with Gasteiger partial charge < -0.3 is 9.47 Å². The van der Waals surface area contributed by atoms with Crippen molar-refractivity contribution in [2.75, 3.05) is 17.3 Å². The highest BCUT2D eigenvalue weighted by molar-refractivity contribution is 6.04. The van der Waals surface area contributed by atoms with Crippen molar-refractivity contribution >= 4 is 34.5 Å². The van der Waals surface area contributed by atoms with Gasteiger partial charge in [-0.3, -0.25) is 14.9 Å². The largest absolute Gasteiger partial charge is 0.315 e. The summed E-state index contributed by atoms with van der Waals surface area (Å²) < 4.78 is 1.99. The van der Waals surface area contributed by atoms with Crippen molar-refractivity contribution in [2.24, 2.45) is 5.92 Å². The number of imidazole rings is 1. The van der Waals surface area contributed by atoms with Crippen molar-refractivity contribution in [1.29, 1.82) is 5.26 Å². The van der Waals surface area contributed by atoms with E-state index in [4.69, 9.17) is 5.26 Å². The number of anilines is 2. The summed E-state index contributed by atoms with van der Waals surface area (Å²) >= 11 is 0. The number of nitrogens with zero attached hydrogens (tertiary/aromatic N) is 4. The second-order valence-corrected chi connectivity index (χ2v) is 8.71. The maximum atomic E-state index is 12.8. The molecule has 2 aromatic carbocycles. The second kappa shape index (κ2) is 9.86. The third kappa shape index (κ3) is 4.90. The normalized spacial score (nSPS) is 13.7. The summed E-state index contributed by atoms with van der Waals surface area (Å²) in [6.07, 6.45) is 6.20. The fraction of sp³-hybridized carbons (Fsp3) is 0.385. The minimum atomic E-state index is -0.281. The van der Waals surface area contributed by atoms with E-state index < -0.39 is 0 Å². The fourth-order valence-electron chi connectivity index (χ4n) is 4.48. The number of amides is 2. The standard InChI is InChI=1S/C26H29N5O2/c1-3-14-31-23-13-12-21(30(2)24(32)15-18-6-4-5-7-18)16-22(23)28-26(31)29-25(33)20-10-8-19(17-27)9-11-20/h8-13,16,18H,3-7,14-15H2,1-2H3,(H,28,29,33). The Kier molecular flexibility index (Phi) is 6.74. The molecule has 33 heavy (non-hydrogen) atoms. The van der Waals surface area contributed by atoms with Gasteiger partial charge in [0.2, 0.25) is 11.9 Å². The molecule has 1 N–H and O–H groups in total. The highest BCUT2D eigenvalue weighted by Crippen LogP contribution is 2.30. The molecule has 0 aliphatic heterocycles. The van der Waals surface area contributed by atoms with Crippen LogP contribution in [0.1, 0.15) is 61.4 Å². The van der Waals surface area contributed by atoms with Gasteiger partial charge >= 0.3 is 0 Å². The quantitative estimate of drug-likeness (QED) is 0.549. The Labute approximate surface area is 194 Å². The summed E-state index contributed by atoms with van der Waals surface area (Å²) in [5, 5.41) is 11.9. The molecule has 1 aliphatic rings. The molecule has 0 radical (unpaired) electrons. The zero-order valence-electron chi connectivity index (χ0n) is 19.2. The molecular formula is C26H29N5O2. The molecular weight excluding hydrogens is 414 g/mol. The molecule has 1 saturated carbocycles. The van der Waals surface area contributed by atoms with Gasteiger partial charge in [-0.15, -0.1) is 0 Å². The summed E-state index contributed by atoms with van der Waals surface area (Å²) in [6.45, 7) is 2.77. The van der Waals surface area contributed by atoms with Gasteiger partial charge in [-0.2, -0.15) is 5.26 Å². The average molecular weight is 444 g/mol. The number of aryl methyl sites for hydroxylation is 1. The average Bonchev–Trinajstić information content (AvgIpc) is 3.46. The number of nitriles is 1. The Hall–Kier alpha value is -3.66. The maximum absolute atomic E-state index is 12.8. The van der Waals surface area contributed by atoms with Crippen molar-refractivity contribution in [3.8, 4) is 6.07 Å². The number of rotatable bonds is 7. The van der Waals surface area contributed by atoms with Crippen LogP contribution in [-0.2, 0) is 11.3 Å². The van der Waals surface area contributed by atoms with E-state index in [0.717, 1.165) is 36.0 Å². The lowest BCUT2D eigenvalue weighted by Crippen LogP contribution is -2.27. The van der Waals surface area contributed by atoms with Gasteiger partial charge in [0.05, 0.1) is 22.7 Å². The second-order valence-electron chi connectivity index (χ2n) is 8.71. The monoisotopic (exact) mass is 443 g/mol. The topological polar surface area (TPSA) is 91.0 Å². The van der Waals surface area contributed by atoms with E-state index in [-0.39, 0.29) is 11.8 Å². The van der Waals surface area contributed by atoms with Crippen LogP contribution in [0.5, 0.6) is 0 Å². The lowest BCUT2D eigenvalue weighted by Gasteiger charge is -2.19. The molecule has 0 bridgehead atoms. The molecule has 2 amide bonds. The molecule has 7 nitrogen and oxygen atoms in total. The van der Waals surface area contributed by atoms with Crippen LogP contribution in [0.3, 0.4) is 0 Å². The maximum Gasteiger partial charge on any atom is 0.257 e. The Morgan fingerprint density at radius 3 is 2.58 bits per heavy atom. The summed E-state index contributed by atoms with van der Waals surface area (Å²) in [5.74, 6) is 0.814. The molecule has 3 aromatic rings. The highest BCUT2D eigenvalue weighted by Gasteiger charge is 2.22. The molecule has 0 unspecified atom stereocenters. The van der Waals surface area contributed by atoms with Gasteiger partial charge in [0.1, 0.15) is 0 Å². The minimum absolute atomic E-state index is 0.128. The number of fused-ring (bicyclic) bond motifs is 1. The number of nitrogens with one attached hydrogen (secondary N) is 1. The Morgan fingerprint density at radius 2 is 1.91 bits per heavy atom. The van der Waals surface area contributed by atoms with Crippen LogP contribution < -0.4 is 10.2 Å². The third-order valence-corrected chi connectivity index (χ3v) is 6.38. The zero-order chi connectivity index (χ0) is 23.4. The van der Waals surface area contributed by atoms with E-state index in [2.05, 4.69) is 23.3 Å². The van der Waals surface area contributed by atoms with Crippen LogP contribution >= 0.6 is 0 Å². The molecule has 0 spiro atoms. The number of carbonyl (C=O) groups excluding carboxylic acids is 2. The van der Waals surface area contributed by atoms with Gasteiger partial charge in [-0.1, -0.05) is 19.8 Å². The van der Waals surface area contributed by atoms with E-state index in [1.165, 1.54) is 12.8 Å². The molecule has 1 aliphatic carbocycles. The first kappa shape index (κ1) is 22.5. The molecule has 4 rings (SSSR count). The summed E-state index contributed by atoms with van der Waals surface area (Å²) in [6, 6.07) is 14.4. The van der Waals surface area contributed by atoms with Crippen LogP contribution in [0.15, 0.2) is 42.5 Å². The first-order valence-electron chi connectivity index (χ1n) is 11.6. The minimum Gasteiger partial charge on any atom is -0.315 e. The van der Waals surface area contributed by atoms with E-state index in [1.807, 2.05) is 29.8 Å². The van der Waals surface area contributed by atoms with Crippen molar-refractivity contribution in [3.05, 3.63) is 53.6 Å². The van der Waals surface area contributed by atoms with Crippen LogP contribution in [0.2, 0.25) is 0 Å². The number of aromatic nitrogens is 2. The van der Waals surface area contributed by atoms with Gasteiger partial charge in [-0.25, -0.2) is 4.98 Å². The Morgan fingerprint density at radius 1 is 1.18 bits per heavy atom. The number of hydrogen-bond donors (Lipinski definition) is 1. The molecule has 0 atom stereocenters. The fourth-order valence-corrected chi connectivity index (χ4v) is 4.48. The van der Waals surface area contributed by atoms with Gasteiger partial charge in [-0.05, 0) is 67.6 Å². The molecule has 7 heteroatoms. The van der Waals surface area contributed by atoms with E-state index >= 15 is 0 Å². The Bertz CT molecular complexity index is 1200. The first-order chi connectivity index (χ1) is 16.0. The molecule has 1 heterocycles. The predicted octanol–water partition coefficient (Wildman–Crippen LogP) is 5.11. The zero-order valence-corrected chi connectivity index (χ0v) is 19.2. The third-order valence-electron chi connectivity index (χ3n) is 6.38. The summed E-state index contributed by atoms with van der Waals surface area (Å²) in [4.78, 5) is 31.9. The van der Waals surface area contributed by atoms with Crippen molar-refractivity contribution in [1.82, 2.24) is 9.55 Å². The molecule has 1 fully saturated rings. The smallest absolute Gasteiger partial charge is 0.257 e. The van der Waals surface area contributed by atoms with Gasteiger partial charge in [0, 0.05) is 31.3 Å². The lowest BCUT2D eigenvalue weighted by atomic mass is 10.0. The van der Waals surface area contributed by atoms with Crippen molar-refractivity contribution in [3.63, 3.8) is 0 Å². The summed E-state index contributed by atoms with van der Waals surface area (Å²) in [7, 11) is 1.81. The van der Waals surface area contributed by atoms with Crippen LogP contribution in [-0.4, -0.2) is 28.4 Å². The van der Waals surface area contributed by atoms with Crippen LogP contribution in [0.25, 0.3) is 11.0 Å². The highest BCUT2D eigenvalue weighted by atomic mass is 16.2. The SMILES string of the molecule is CCCn1c(NC(=O)c2ccc(C#N)cc2)nc2cc(N(C)C(=O)CC3CCCC3)ccc21. The van der Waals surface area contributed by atoms with Crippen molar-refractivity contribution in [2.45, 2.75) is 52.0 Å². The van der Waals surface area contributed by atoms with Gasteiger partial charge in [0.25, 0.3) is 5.91 Å². The van der Waals surface area contributed by atoms with E-state index in [9.17, 15) is 9.59 Å². The Balaban J connectivity index is 1.57. The first-order valence-corrected chi connectivity index (χ1v) is 11.6. The van der Waals surface area contributed by atoms with Crippen molar-refractivity contribution < 1.29 is 9.59 Å².